The zero-order valence-corrected chi connectivity index (χ0v) is 10.7. The number of phenolic OH excluding ortho intramolecular Hbond substituents is 2. The van der Waals surface area contributed by atoms with Crippen LogP contribution >= 0.6 is 0 Å². The van der Waals surface area contributed by atoms with Crippen LogP contribution in [0.3, 0.4) is 0 Å². The number of benzene rings is 2. The van der Waals surface area contributed by atoms with Crippen LogP contribution in [-0.2, 0) is 9.53 Å². The molecule has 0 fully saturated rings. The van der Waals surface area contributed by atoms with Crippen LogP contribution in [0.4, 0.5) is 0 Å². The maximum atomic E-state index is 11.5. The first kappa shape index (κ1) is 13.7. The van der Waals surface area contributed by atoms with Gasteiger partial charge in [-0.15, -0.1) is 0 Å². The number of hydrogen-bond acceptors (Lipinski definition) is 4. The molecule has 0 heterocycles. The molecule has 0 bridgehead atoms. The van der Waals surface area contributed by atoms with Crippen LogP contribution in [0.2, 0.25) is 0 Å². The van der Waals surface area contributed by atoms with Gasteiger partial charge in [-0.3, -0.25) is 0 Å². The van der Waals surface area contributed by atoms with Crippen molar-refractivity contribution in [3.63, 3.8) is 0 Å². The van der Waals surface area contributed by atoms with Crippen LogP contribution in [0, 0.1) is 0 Å². The van der Waals surface area contributed by atoms with Crippen molar-refractivity contribution < 1.29 is 19.7 Å². The summed E-state index contributed by atoms with van der Waals surface area (Å²) in [4.78, 5) is 11.5. The van der Waals surface area contributed by atoms with E-state index in [1.165, 1.54) is 24.3 Å². The first-order valence-corrected chi connectivity index (χ1v) is 6.01. The molecule has 0 unspecified atom stereocenters. The van der Waals surface area contributed by atoms with Crippen LogP contribution in [0.1, 0.15) is 17.2 Å². The Morgan fingerprint density at radius 2 is 1.35 bits per heavy atom. The van der Waals surface area contributed by atoms with Gasteiger partial charge in [0, 0.05) is 6.08 Å². The standard InChI is InChI=1S/C16H14O4/c1-2-15(19)20-16(11-3-7-13(17)8-4-11)12-5-9-14(18)10-6-12/h2-10,16-18H,1H2. The Balaban J connectivity index is 2.38. The third-order valence-corrected chi connectivity index (χ3v) is 2.79. The molecule has 2 N–H and O–H groups in total. The average Bonchev–Trinajstić information content (AvgIpc) is 2.46. The van der Waals surface area contributed by atoms with Crippen LogP contribution in [0.25, 0.3) is 0 Å². The fraction of sp³-hybridized carbons (Fsp3) is 0.0625. The van der Waals surface area contributed by atoms with Crippen molar-refractivity contribution in [2.75, 3.05) is 0 Å². The number of aromatic hydroxyl groups is 2. The SMILES string of the molecule is C=CC(=O)OC(c1ccc(O)cc1)c1ccc(O)cc1. The normalized spacial score (nSPS) is 10.2. The van der Waals surface area contributed by atoms with E-state index >= 15 is 0 Å². The van der Waals surface area contributed by atoms with E-state index in [9.17, 15) is 15.0 Å². The monoisotopic (exact) mass is 270 g/mol. The second-order valence-corrected chi connectivity index (χ2v) is 4.20. The van der Waals surface area contributed by atoms with Gasteiger partial charge in [-0.1, -0.05) is 30.8 Å². The third kappa shape index (κ3) is 3.17. The highest BCUT2D eigenvalue weighted by atomic mass is 16.5. The lowest BCUT2D eigenvalue weighted by Gasteiger charge is -2.18. The predicted octanol–water partition coefficient (Wildman–Crippen LogP) is 2.92. The van der Waals surface area contributed by atoms with Crippen molar-refractivity contribution in [1.82, 2.24) is 0 Å². The lowest BCUT2D eigenvalue weighted by molar-refractivity contribution is -0.141. The van der Waals surface area contributed by atoms with Crippen molar-refractivity contribution in [1.29, 1.82) is 0 Å². The summed E-state index contributed by atoms with van der Waals surface area (Å²) in [6.45, 7) is 3.37. The third-order valence-electron chi connectivity index (χ3n) is 2.79. The minimum Gasteiger partial charge on any atom is -0.508 e. The second kappa shape index (κ2) is 5.93. The molecule has 4 nitrogen and oxygen atoms in total. The Morgan fingerprint density at radius 1 is 0.950 bits per heavy atom. The number of carbonyl (C=O) groups is 1. The van der Waals surface area contributed by atoms with E-state index in [1.54, 1.807) is 24.3 Å². The smallest absolute Gasteiger partial charge is 0.331 e. The molecule has 2 rings (SSSR count). The predicted molar refractivity (Wildman–Crippen MR) is 74.3 cm³/mol. The van der Waals surface area contributed by atoms with Gasteiger partial charge in [0.1, 0.15) is 11.5 Å². The molecule has 0 aromatic heterocycles. The minimum absolute atomic E-state index is 0.133. The Kier molecular flexibility index (Phi) is 4.05. The van der Waals surface area contributed by atoms with E-state index in [0.717, 1.165) is 6.08 Å². The molecule has 0 aliphatic carbocycles. The van der Waals surface area contributed by atoms with E-state index in [2.05, 4.69) is 6.58 Å². The maximum absolute atomic E-state index is 11.5. The molecule has 2 aromatic rings. The van der Waals surface area contributed by atoms with E-state index in [4.69, 9.17) is 4.74 Å². The molecule has 0 radical (unpaired) electrons. The molecular formula is C16H14O4. The Bertz CT molecular complexity index is 554. The van der Waals surface area contributed by atoms with Gasteiger partial charge in [-0.05, 0) is 35.4 Å². The summed E-state index contributed by atoms with van der Waals surface area (Å²) in [5.74, 6) is -0.280. The molecule has 0 aliphatic rings. The van der Waals surface area contributed by atoms with Crippen LogP contribution < -0.4 is 0 Å². The highest BCUT2D eigenvalue weighted by Gasteiger charge is 2.17. The Labute approximate surface area is 116 Å². The van der Waals surface area contributed by atoms with Crippen molar-refractivity contribution in [3.05, 3.63) is 72.3 Å². The van der Waals surface area contributed by atoms with Gasteiger partial charge >= 0.3 is 5.97 Å². The quantitative estimate of drug-likeness (QED) is 0.662. The average molecular weight is 270 g/mol. The second-order valence-electron chi connectivity index (χ2n) is 4.20. The first-order chi connectivity index (χ1) is 9.60. The van der Waals surface area contributed by atoms with E-state index in [1.807, 2.05) is 0 Å². The molecule has 0 saturated heterocycles. The molecule has 102 valence electrons. The lowest BCUT2D eigenvalue weighted by Crippen LogP contribution is -2.10. The molecule has 2 aromatic carbocycles. The summed E-state index contributed by atoms with van der Waals surface area (Å²) >= 11 is 0. The van der Waals surface area contributed by atoms with Crippen molar-refractivity contribution in [2.45, 2.75) is 6.10 Å². The number of ether oxygens (including phenoxy) is 1. The minimum atomic E-state index is -0.623. The summed E-state index contributed by atoms with van der Waals surface area (Å²) < 4.78 is 5.33. The first-order valence-electron chi connectivity index (χ1n) is 6.01. The van der Waals surface area contributed by atoms with Crippen LogP contribution in [0.5, 0.6) is 11.5 Å². The van der Waals surface area contributed by atoms with Gasteiger partial charge in [0.2, 0.25) is 0 Å². The number of esters is 1. The molecule has 0 spiro atoms. The van der Waals surface area contributed by atoms with Crippen LogP contribution in [0.15, 0.2) is 61.2 Å². The highest BCUT2D eigenvalue weighted by Crippen LogP contribution is 2.28. The molecule has 4 heteroatoms. The number of carbonyl (C=O) groups excluding carboxylic acids is 1. The van der Waals surface area contributed by atoms with E-state index in [0.29, 0.717) is 11.1 Å². The van der Waals surface area contributed by atoms with Gasteiger partial charge in [0.25, 0.3) is 0 Å². The van der Waals surface area contributed by atoms with Crippen molar-refractivity contribution in [3.8, 4) is 11.5 Å². The number of phenols is 2. The summed E-state index contributed by atoms with van der Waals surface area (Å²) in [6.07, 6.45) is 0.468. The van der Waals surface area contributed by atoms with E-state index in [-0.39, 0.29) is 11.5 Å². The molecule has 20 heavy (non-hydrogen) atoms. The summed E-state index contributed by atoms with van der Waals surface area (Å²) in [5.41, 5.74) is 1.42. The zero-order chi connectivity index (χ0) is 14.5. The molecule has 0 saturated carbocycles. The van der Waals surface area contributed by atoms with Gasteiger partial charge in [0.05, 0.1) is 0 Å². The Hall–Kier alpha value is -2.75. The summed E-state index contributed by atoms with van der Waals surface area (Å²) in [5, 5.41) is 18.6. The lowest BCUT2D eigenvalue weighted by atomic mass is 10.0. The largest absolute Gasteiger partial charge is 0.508 e. The zero-order valence-electron chi connectivity index (χ0n) is 10.7. The van der Waals surface area contributed by atoms with Gasteiger partial charge in [0.15, 0.2) is 6.10 Å². The number of hydrogen-bond donors (Lipinski definition) is 2. The van der Waals surface area contributed by atoms with Gasteiger partial charge < -0.3 is 14.9 Å². The highest BCUT2D eigenvalue weighted by molar-refractivity contribution is 5.81. The Morgan fingerprint density at radius 3 is 1.70 bits per heavy atom. The fourth-order valence-corrected chi connectivity index (χ4v) is 1.79. The van der Waals surface area contributed by atoms with Crippen molar-refractivity contribution in [2.24, 2.45) is 0 Å². The van der Waals surface area contributed by atoms with E-state index < -0.39 is 12.1 Å². The summed E-state index contributed by atoms with van der Waals surface area (Å²) in [7, 11) is 0. The van der Waals surface area contributed by atoms with Gasteiger partial charge in [-0.25, -0.2) is 4.79 Å². The fourth-order valence-electron chi connectivity index (χ4n) is 1.79. The molecule has 0 aliphatic heterocycles. The van der Waals surface area contributed by atoms with Gasteiger partial charge in [-0.2, -0.15) is 0 Å². The molecule has 0 amide bonds. The van der Waals surface area contributed by atoms with Crippen molar-refractivity contribution >= 4 is 5.97 Å². The molecular weight excluding hydrogens is 256 g/mol. The summed E-state index contributed by atoms with van der Waals surface area (Å²) in [6, 6.07) is 12.8. The topological polar surface area (TPSA) is 66.8 Å². The molecule has 0 atom stereocenters. The van der Waals surface area contributed by atoms with Crippen LogP contribution in [-0.4, -0.2) is 16.2 Å². The maximum Gasteiger partial charge on any atom is 0.331 e. The number of rotatable bonds is 4.